The number of nitrogens with zero attached hydrogens (tertiary/aromatic N) is 1. The Bertz CT molecular complexity index is 1060. The number of amides is 2. The summed E-state index contributed by atoms with van der Waals surface area (Å²) < 4.78 is 10.3. The first-order valence-corrected chi connectivity index (χ1v) is 9.36. The van der Waals surface area contributed by atoms with Gasteiger partial charge in [0.15, 0.2) is 16.6 Å². The first kappa shape index (κ1) is 21.1. The van der Waals surface area contributed by atoms with Crippen molar-refractivity contribution in [2.45, 2.75) is 6.42 Å². The maximum atomic E-state index is 13.1. The minimum absolute atomic E-state index is 0.0112. The highest BCUT2D eigenvalue weighted by molar-refractivity contribution is 7.80. The number of aromatic hydroxyl groups is 1. The van der Waals surface area contributed by atoms with Crippen LogP contribution in [0.25, 0.3) is 6.08 Å². The predicted octanol–water partition coefficient (Wildman–Crippen LogP) is 2.97. The van der Waals surface area contributed by atoms with E-state index < -0.39 is 11.8 Å². The SMILES string of the molecule is C=CCc1cc(C=C2C(=O)NC(=S)N(c3ccc(OC)cc3)C2=O)cc(OC)c1O. The van der Waals surface area contributed by atoms with Gasteiger partial charge in [-0.05, 0) is 66.7 Å². The van der Waals surface area contributed by atoms with E-state index in [9.17, 15) is 14.7 Å². The molecule has 30 heavy (non-hydrogen) atoms. The molecule has 2 amide bonds. The number of hydrogen-bond acceptors (Lipinski definition) is 6. The number of rotatable bonds is 6. The number of allylic oxidation sites excluding steroid dienone is 1. The van der Waals surface area contributed by atoms with Crippen LogP contribution in [-0.4, -0.2) is 36.3 Å². The Morgan fingerprint density at radius 2 is 1.87 bits per heavy atom. The summed E-state index contributed by atoms with van der Waals surface area (Å²) in [5.74, 6) is -0.328. The molecule has 2 aromatic carbocycles. The molecule has 1 heterocycles. The van der Waals surface area contributed by atoms with Gasteiger partial charge in [0.1, 0.15) is 11.3 Å². The zero-order valence-electron chi connectivity index (χ0n) is 16.5. The Hall–Kier alpha value is -3.65. The van der Waals surface area contributed by atoms with Crippen LogP contribution in [0.15, 0.2) is 54.6 Å². The van der Waals surface area contributed by atoms with Crippen LogP contribution < -0.4 is 19.7 Å². The molecule has 0 atom stereocenters. The van der Waals surface area contributed by atoms with Crippen LogP contribution in [0, 0.1) is 0 Å². The fourth-order valence-corrected chi connectivity index (χ4v) is 3.31. The van der Waals surface area contributed by atoms with Gasteiger partial charge >= 0.3 is 0 Å². The number of nitrogens with one attached hydrogen (secondary N) is 1. The summed E-state index contributed by atoms with van der Waals surface area (Å²) in [6.45, 7) is 3.67. The van der Waals surface area contributed by atoms with E-state index in [4.69, 9.17) is 21.7 Å². The maximum absolute atomic E-state index is 13.1. The van der Waals surface area contributed by atoms with Gasteiger partial charge in [0.05, 0.1) is 19.9 Å². The standard InChI is InChI=1S/C22H20N2O5S/c1-4-5-14-10-13(12-18(29-3)19(14)25)11-17-20(26)23-22(30)24(21(17)27)15-6-8-16(28-2)9-7-15/h4,6-12,25H,1,5H2,2-3H3,(H,23,26,30). The summed E-state index contributed by atoms with van der Waals surface area (Å²) in [7, 11) is 2.96. The van der Waals surface area contributed by atoms with Gasteiger partial charge in [0, 0.05) is 5.56 Å². The van der Waals surface area contributed by atoms with Crippen molar-refractivity contribution in [1.82, 2.24) is 5.32 Å². The summed E-state index contributed by atoms with van der Waals surface area (Å²) in [4.78, 5) is 26.9. The van der Waals surface area contributed by atoms with Crippen LogP contribution in [0.5, 0.6) is 17.2 Å². The van der Waals surface area contributed by atoms with Crippen LogP contribution in [0.3, 0.4) is 0 Å². The molecule has 0 saturated carbocycles. The van der Waals surface area contributed by atoms with Gasteiger partial charge in [0.2, 0.25) is 0 Å². The molecular weight excluding hydrogens is 404 g/mol. The summed E-state index contributed by atoms with van der Waals surface area (Å²) in [6, 6.07) is 9.93. The van der Waals surface area contributed by atoms with E-state index >= 15 is 0 Å². The minimum Gasteiger partial charge on any atom is -0.504 e. The number of phenolic OH excluding ortho intramolecular Hbond substituents is 1. The van der Waals surface area contributed by atoms with Crippen LogP contribution in [0.4, 0.5) is 5.69 Å². The van der Waals surface area contributed by atoms with Gasteiger partial charge in [-0.1, -0.05) is 6.08 Å². The Morgan fingerprint density at radius 3 is 2.47 bits per heavy atom. The first-order chi connectivity index (χ1) is 14.4. The van der Waals surface area contributed by atoms with Crippen LogP contribution in [0.2, 0.25) is 0 Å². The lowest BCUT2D eigenvalue weighted by Gasteiger charge is -2.29. The van der Waals surface area contributed by atoms with Crippen molar-refractivity contribution in [3.63, 3.8) is 0 Å². The third kappa shape index (κ3) is 4.04. The Labute approximate surface area is 179 Å². The molecule has 154 valence electrons. The molecule has 1 saturated heterocycles. The maximum Gasteiger partial charge on any atom is 0.270 e. The zero-order valence-corrected chi connectivity index (χ0v) is 17.3. The van der Waals surface area contributed by atoms with E-state index in [1.54, 1.807) is 49.6 Å². The molecule has 0 radical (unpaired) electrons. The van der Waals surface area contributed by atoms with Crippen LogP contribution in [0.1, 0.15) is 11.1 Å². The molecule has 0 spiro atoms. The van der Waals surface area contributed by atoms with Crippen LogP contribution >= 0.6 is 12.2 Å². The molecule has 1 aliphatic rings. The van der Waals surface area contributed by atoms with Crippen molar-refractivity contribution in [2.75, 3.05) is 19.1 Å². The van der Waals surface area contributed by atoms with Crippen LogP contribution in [-0.2, 0) is 16.0 Å². The molecule has 7 nitrogen and oxygen atoms in total. The summed E-state index contributed by atoms with van der Waals surface area (Å²) in [5, 5.41) is 12.8. The first-order valence-electron chi connectivity index (χ1n) is 8.96. The van der Waals surface area contributed by atoms with E-state index in [1.165, 1.54) is 18.1 Å². The number of carbonyl (C=O) groups is 2. The highest BCUT2D eigenvalue weighted by Crippen LogP contribution is 2.33. The molecule has 1 fully saturated rings. The third-order valence-electron chi connectivity index (χ3n) is 4.50. The highest BCUT2D eigenvalue weighted by atomic mass is 32.1. The normalized spacial score (nSPS) is 15.2. The average Bonchev–Trinajstić information content (AvgIpc) is 2.73. The molecule has 0 bridgehead atoms. The van der Waals surface area contributed by atoms with Crippen molar-refractivity contribution < 1.29 is 24.2 Å². The lowest BCUT2D eigenvalue weighted by molar-refractivity contribution is -0.122. The van der Waals surface area contributed by atoms with Gasteiger partial charge in [0.25, 0.3) is 11.8 Å². The van der Waals surface area contributed by atoms with Crippen molar-refractivity contribution in [3.05, 3.63) is 65.8 Å². The van der Waals surface area contributed by atoms with Crippen molar-refractivity contribution in [1.29, 1.82) is 0 Å². The molecule has 0 aromatic heterocycles. The Morgan fingerprint density at radius 1 is 1.17 bits per heavy atom. The molecular formula is C22H20N2O5S. The number of phenols is 1. The van der Waals surface area contributed by atoms with E-state index in [0.29, 0.717) is 29.0 Å². The lowest BCUT2D eigenvalue weighted by atomic mass is 10.0. The number of carbonyl (C=O) groups excluding carboxylic acids is 2. The van der Waals surface area contributed by atoms with Gasteiger partial charge < -0.3 is 14.6 Å². The lowest BCUT2D eigenvalue weighted by Crippen LogP contribution is -2.54. The molecule has 1 aliphatic heterocycles. The Balaban J connectivity index is 2.04. The molecule has 2 aromatic rings. The second-order valence-corrected chi connectivity index (χ2v) is 6.77. The largest absolute Gasteiger partial charge is 0.504 e. The monoisotopic (exact) mass is 424 g/mol. The summed E-state index contributed by atoms with van der Waals surface area (Å²) in [5.41, 5.74) is 1.47. The minimum atomic E-state index is -0.605. The van der Waals surface area contributed by atoms with Gasteiger partial charge in [-0.3, -0.25) is 19.8 Å². The fourth-order valence-electron chi connectivity index (χ4n) is 3.03. The third-order valence-corrected chi connectivity index (χ3v) is 4.79. The number of anilines is 1. The Kier molecular flexibility index (Phi) is 6.17. The van der Waals surface area contributed by atoms with E-state index in [2.05, 4.69) is 11.9 Å². The predicted molar refractivity (Wildman–Crippen MR) is 118 cm³/mol. The average molecular weight is 424 g/mol. The zero-order chi connectivity index (χ0) is 21.8. The van der Waals surface area contributed by atoms with E-state index in [1.807, 2.05) is 0 Å². The number of methoxy groups -OCH3 is 2. The van der Waals surface area contributed by atoms with Gasteiger partial charge in [-0.25, -0.2) is 0 Å². The number of benzene rings is 2. The number of hydrogen-bond donors (Lipinski definition) is 2. The van der Waals surface area contributed by atoms with E-state index in [0.717, 1.165) is 0 Å². The van der Waals surface area contributed by atoms with Gasteiger partial charge in [-0.15, -0.1) is 6.58 Å². The quantitative estimate of drug-likeness (QED) is 0.321. The highest BCUT2D eigenvalue weighted by Gasteiger charge is 2.34. The molecule has 0 aliphatic carbocycles. The van der Waals surface area contributed by atoms with Crippen molar-refractivity contribution in [2.24, 2.45) is 0 Å². The molecule has 8 heteroatoms. The topological polar surface area (TPSA) is 88.1 Å². The molecule has 2 N–H and O–H groups in total. The summed E-state index contributed by atoms with van der Waals surface area (Å²) >= 11 is 5.20. The summed E-state index contributed by atoms with van der Waals surface area (Å²) in [6.07, 6.45) is 3.46. The van der Waals surface area contributed by atoms with E-state index in [-0.39, 0.29) is 22.2 Å². The number of thiocarbonyl (C=S) groups is 1. The number of ether oxygens (including phenoxy) is 2. The van der Waals surface area contributed by atoms with Crippen molar-refractivity contribution in [3.8, 4) is 17.2 Å². The second kappa shape index (κ2) is 8.79. The van der Waals surface area contributed by atoms with Gasteiger partial charge in [-0.2, -0.15) is 0 Å². The smallest absolute Gasteiger partial charge is 0.270 e. The fraction of sp³-hybridized carbons (Fsp3) is 0.136. The molecule has 3 rings (SSSR count). The van der Waals surface area contributed by atoms with Crippen molar-refractivity contribution >= 4 is 40.9 Å². The second-order valence-electron chi connectivity index (χ2n) is 6.38. The molecule has 0 unspecified atom stereocenters.